The molecule has 1 amide bonds. The van der Waals surface area contributed by atoms with Crippen LogP contribution in [0.3, 0.4) is 0 Å². The Morgan fingerprint density at radius 3 is 2.31 bits per heavy atom. The summed E-state index contributed by atoms with van der Waals surface area (Å²) in [5, 5.41) is 14.8. The van der Waals surface area contributed by atoms with Crippen molar-refractivity contribution in [3.05, 3.63) is 54.2 Å². The molecule has 2 aromatic carbocycles. The average molecular weight is 397 g/mol. The van der Waals surface area contributed by atoms with E-state index < -0.39 is 5.91 Å². The first-order chi connectivity index (χ1) is 14.1. The number of nitrogens with one attached hydrogen (secondary N) is 2. The van der Waals surface area contributed by atoms with E-state index in [9.17, 15) is 10.1 Å². The normalized spacial score (nSPS) is 10.5. The van der Waals surface area contributed by atoms with Crippen molar-refractivity contribution in [1.82, 2.24) is 5.32 Å². The van der Waals surface area contributed by atoms with Gasteiger partial charge in [-0.1, -0.05) is 0 Å². The van der Waals surface area contributed by atoms with Crippen molar-refractivity contribution >= 4 is 11.6 Å². The highest BCUT2D eigenvalue weighted by molar-refractivity contribution is 6.06. The van der Waals surface area contributed by atoms with E-state index in [-0.39, 0.29) is 5.57 Å². The van der Waals surface area contributed by atoms with E-state index >= 15 is 0 Å². The second-order valence-corrected chi connectivity index (χ2v) is 5.67. The molecule has 0 aliphatic rings. The largest absolute Gasteiger partial charge is 0.497 e. The van der Waals surface area contributed by atoms with Crippen molar-refractivity contribution in [2.45, 2.75) is 0 Å². The lowest BCUT2D eigenvalue weighted by Crippen LogP contribution is -2.20. The molecule has 0 unspecified atom stereocenters. The second kappa shape index (κ2) is 11.1. The summed E-state index contributed by atoms with van der Waals surface area (Å²) in [5.74, 6) is 1.92. The fourth-order valence-electron chi connectivity index (χ4n) is 2.33. The van der Waals surface area contributed by atoms with Gasteiger partial charge in [-0.2, -0.15) is 5.26 Å². The van der Waals surface area contributed by atoms with Gasteiger partial charge < -0.3 is 29.6 Å². The lowest BCUT2D eigenvalue weighted by Gasteiger charge is -2.10. The zero-order valence-corrected chi connectivity index (χ0v) is 16.5. The van der Waals surface area contributed by atoms with Crippen molar-refractivity contribution in [1.29, 1.82) is 5.26 Å². The fraction of sp³-hybridized carbons (Fsp3) is 0.238. The van der Waals surface area contributed by atoms with Gasteiger partial charge in [-0.25, -0.2) is 0 Å². The van der Waals surface area contributed by atoms with Crippen LogP contribution >= 0.6 is 0 Å². The summed E-state index contributed by atoms with van der Waals surface area (Å²) in [4.78, 5) is 12.3. The third-order valence-electron chi connectivity index (χ3n) is 3.83. The third-order valence-corrected chi connectivity index (χ3v) is 3.83. The third kappa shape index (κ3) is 6.36. The Kier molecular flexibility index (Phi) is 8.20. The summed E-state index contributed by atoms with van der Waals surface area (Å²) in [6.07, 6.45) is 1.35. The molecule has 0 heterocycles. The Morgan fingerprint density at radius 1 is 1.00 bits per heavy atom. The van der Waals surface area contributed by atoms with Crippen molar-refractivity contribution in [2.24, 2.45) is 0 Å². The van der Waals surface area contributed by atoms with Crippen LogP contribution in [0.1, 0.15) is 0 Å². The molecule has 29 heavy (non-hydrogen) atoms. The number of amides is 1. The van der Waals surface area contributed by atoms with Crippen molar-refractivity contribution in [2.75, 3.05) is 39.8 Å². The molecule has 0 spiro atoms. The highest BCUT2D eigenvalue weighted by atomic mass is 16.5. The maximum atomic E-state index is 12.3. The monoisotopic (exact) mass is 397 g/mol. The number of rotatable bonds is 10. The Morgan fingerprint density at radius 2 is 1.69 bits per heavy atom. The van der Waals surface area contributed by atoms with Crippen molar-refractivity contribution in [3.8, 4) is 29.1 Å². The van der Waals surface area contributed by atoms with Gasteiger partial charge >= 0.3 is 0 Å². The molecule has 152 valence electrons. The highest BCUT2D eigenvalue weighted by Crippen LogP contribution is 2.29. The Hall–Kier alpha value is -3.86. The minimum atomic E-state index is -0.539. The van der Waals surface area contributed by atoms with Crippen LogP contribution in [-0.2, 0) is 4.79 Å². The van der Waals surface area contributed by atoms with Gasteiger partial charge in [0, 0.05) is 24.5 Å². The maximum absolute atomic E-state index is 12.3. The van der Waals surface area contributed by atoms with Crippen LogP contribution in [0.2, 0.25) is 0 Å². The minimum absolute atomic E-state index is 0.0655. The zero-order chi connectivity index (χ0) is 21.1. The van der Waals surface area contributed by atoms with Crippen LogP contribution in [0.5, 0.6) is 23.0 Å². The molecule has 0 aromatic heterocycles. The van der Waals surface area contributed by atoms with E-state index in [4.69, 9.17) is 18.9 Å². The van der Waals surface area contributed by atoms with E-state index in [1.807, 2.05) is 6.07 Å². The van der Waals surface area contributed by atoms with Crippen LogP contribution in [0.15, 0.2) is 54.2 Å². The summed E-state index contributed by atoms with van der Waals surface area (Å²) in [6, 6.07) is 14.0. The minimum Gasteiger partial charge on any atom is -0.497 e. The summed E-state index contributed by atoms with van der Waals surface area (Å²) in [5.41, 5.74) is 0.417. The predicted molar refractivity (Wildman–Crippen MR) is 108 cm³/mol. The molecule has 8 nitrogen and oxygen atoms in total. The Labute approximate surface area is 169 Å². The first kappa shape index (κ1) is 21.4. The predicted octanol–water partition coefficient (Wildman–Crippen LogP) is 2.73. The Balaban J connectivity index is 1.85. The molecule has 0 aliphatic carbocycles. The molecule has 2 rings (SSSR count). The van der Waals surface area contributed by atoms with Crippen molar-refractivity contribution < 1.29 is 23.7 Å². The van der Waals surface area contributed by atoms with E-state index in [1.165, 1.54) is 20.4 Å². The molecule has 0 bridgehead atoms. The van der Waals surface area contributed by atoms with E-state index in [2.05, 4.69) is 10.6 Å². The topological polar surface area (TPSA) is 102 Å². The molecule has 0 radical (unpaired) electrons. The molecule has 2 aromatic rings. The first-order valence-corrected chi connectivity index (χ1v) is 8.75. The summed E-state index contributed by atoms with van der Waals surface area (Å²) >= 11 is 0. The lowest BCUT2D eigenvalue weighted by atomic mass is 10.2. The summed E-state index contributed by atoms with van der Waals surface area (Å²) in [6.45, 7) is 0.777. The van der Waals surface area contributed by atoms with Gasteiger partial charge in [-0.3, -0.25) is 4.79 Å². The number of hydrogen-bond acceptors (Lipinski definition) is 7. The van der Waals surface area contributed by atoms with Gasteiger partial charge in [0.15, 0.2) is 11.5 Å². The van der Waals surface area contributed by atoms with Gasteiger partial charge in [-0.05, 0) is 36.4 Å². The molecule has 8 heteroatoms. The number of methoxy groups -OCH3 is 3. The highest BCUT2D eigenvalue weighted by Gasteiger charge is 2.11. The summed E-state index contributed by atoms with van der Waals surface area (Å²) < 4.78 is 21.0. The number of ether oxygens (including phenoxy) is 4. The molecule has 0 fully saturated rings. The molecule has 0 atom stereocenters. The van der Waals surface area contributed by atoms with Crippen molar-refractivity contribution in [3.63, 3.8) is 0 Å². The van der Waals surface area contributed by atoms with Crippen LogP contribution in [0.25, 0.3) is 0 Å². The fourth-order valence-corrected chi connectivity index (χ4v) is 2.33. The Bertz CT molecular complexity index is 888. The molecular weight excluding hydrogens is 374 g/mol. The molecular formula is C21H23N3O5. The SMILES string of the molecule is COc1ccc(OCCN/C=C(/C#N)C(=O)Nc2ccc(OC)c(OC)c2)cc1. The standard InChI is InChI=1S/C21H23N3O5/c1-26-17-5-7-18(8-6-17)29-11-10-23-14-15(13-22)21(25)24-16-4-9-19(27-2)20(12-16)28-3/h4-9,12,14,23H,10-11H2,1-3H3,(H,24,25)/b15-14-. The number of anilines is 1. The molecule has 0 saturated carbocycles. The molecule has 0 aliphatic heterocycles. The first-order valence-electron chi connectivity index (χ1n) is 8.75. The molecule has 0 saturated heterocycles. The maximum Gasteiger partial charge on any atom is 0.267 e. The van der Waals surface area contributed by atoms with Crippen LogP contribution in [0, 0.1) is 11.3 Å². The van der Waals surface area contributed by atoms with Crippen LogP contribution in [-0.4, -0.2) is 40.4 Å². The van der Waals surface area contributed by atoms with Gasteiger partial charge in [-0.15, -0.1) is 0 Å². The number of benzene rings is 2. The van der Waals surface area contributed by atoms with Gasteiger partial charge in [0.1, 0.15) is 29.7 Å². The average Bonchev–Trinajstić information content (AvgIpc) is 2.76. The van der Waals surface area contributed by atoms with Gasteiger partial charge in [0.25, 0.3) is 5.91 Å². The number of carbonyl (C=O) groups is 1. The number of hydrogen-bond donors (Lipinski definition) is 2. The van der Waals surface area contributed by atoms with E-state index in [1.54, 1.807) is 49.6 Å². The number of carbonyl (C=O) groups excluding carboxylic acids is 1. The van der Waals surface area contributed by atoms with Gasteiger partial charge in [0.2, 0.25) is 0 Å². The zero-order valence-electron chi connectivity index (χ0n) is 16.5. The van der Waals surface area contributed by atoms with Crippen LogP contribution in [0.4, 0.5) is 5.69 Å². The molecule has 2 N–H and O–H groups in total. The lowest BCUT2D eigenvalue weighted by molar-refractivity contribution is -0.112. The second-order valence-electron chi connectivity index (χ2n) is 5.67. The van der Waals surface area contributed by atoms with E-state index in [0.717, 1.165) is 5.75 Å². The van der Waals surface area contributed by atoms with Gasteiger partial charge in [0.05, 0.1) is 21.3 Å². The number of nitriles is 1. The quantitative estimate of drug-likeness (QED) is 0.361. The van der Waals surface area contributed by atoms with Crippen LogP contribution < -0.4 is 29.6 Å². The number of nitrogens with zero attached hydrogens (tertiary/aromatic N) is 1. The van der Waals surface area contributed by atoms with E-state index in [0.29, 0.717) is 36.1 Å². The summed E-state index contributed by atoms with van der Waals surface area (Å²) in [7, 11) is 4.62. The smallest absolute Gasteiger partial charge is 0.267 e.